The van der Waals surface area contributed by atoms with Crippen molar-refractivity contribution in [2.24, 2.45) is 0 Å². The SMILES string of the molecule is Cc1cc(C(=O)Nc2ccc(C#N)cc2Cl)on1. The highest BCUT2D eigenvalue weighted by atomic mass is 35.5. The van der Waals surface area contributed by atoms with Gasteiger partial charge in [0.1, 0.15) is 0 Å². The number of benzene rings is 1. The van der Waals surface area contributed by atoms with Crippen molar-refractivity contribution in [3.63, 3.8) is 0 Å². The summed E-state index contributed by atoms with van der Waals surface area (Å²) in [5, 5.41) is 15.2. The average molecular weight is 262 g/mol. The summed E-state index contributed by atoms with van der Waals surface area (Å²) in [5.74, 6) is -0.338. The molecule has 0 aliphatic heterocycles. The lowest BCUT2D eigenvalue weighted by molar-refractivity contribution is 0.0988. The number of hydrogen-bond donors (Lipinski definition) is 1. The van der Waals surface area contributed by atoms with Gasteiger partial charge in [0.2, 0.25) is 5.76 Å². The third-order valence-electron chi connectivity index (χ3n) is 2.20. The molecule has 18 heavy (non-hydrogen) atoms. The second-order valence-corrected chi connectivity index (χ2v) is 4.00. The molecule has 0 bridgehead atoms. The topological polar surface area (TPSA) is 78.9 Å². The van der Waals surface area contributed by atoms with Gasteiger partial charge in [-0.3, -0.25) is 4.79 Å². The zero-order valence-electron chi connectivity index (χ0n) is 9.40. The molecule has 1 amide bonds. The number of aromatic nitrogens is 1. The average Bonchev–Trinajstić information content (AvgIpc) is 2.78. The molecular weight excluding hydrogens is 254 g/mol. The molecular formula is C12H8ClN3O2. The molecule has 0 saturated heterocycles. The van der Waals surface area contributed by atoms with Crippen molar-refractivity contribution in [2.75, 3.05) is 5.32 Å². The number of nitrogens with zero attached hydrogens (tertiary/aromatic N) is 2. The van der Waals surface area contributed by atoms with Crippen molar-refractivity contribution in [2.45, 2.75) is 6.92 Å². The van der Waals surface area contributed by atoms with Gasteiger partial charge in [-0.2, -0.15) is 5.26 Å². The Hall–Kier alpha value is -2.32. The van der Waals surface area contributed by atoms with E-state index in [4.69, 9.17) is 21.4 Å². The van der Waals surface area contributed by atoms with Crippen molar-refractivity contribution < 1.29 is 9.32 Å². The number of rotatable bonds is 2. The molecule has 90 valence electrons. The predicted octanol–water partition coefficient (Wildman–Crippen LogP) is 2.76. The van der Waals surface area contributed by atoms with Gasteiger partial charge in [0.25, 0.3) is 5.91 Å². The van der Waals surface area contributed by atoms with Gasteiger partial charge in [-0.15, -0.1) is 0 Å². The molecule has 2 rings (SSSR count). The number of hydrogen-bond acceptors (Lipinski definition) is 4. The van der Waals surface area contributed by atoms with Crippen molar-refractivity contribution >= 4 is 23.2 Å². The molecule has 0 unspecified atom stereocenters. The molecule has 0 aliphatic carbocycles. The molecule has 5 nitrogen and oxygen atoms in total. The Balaban J connectivity index is 2.20. The van der Waals surface area contributed by atoms with Crippen LogP contribution in [0.4, 0.5) is 5.69 Å². The molecule has 1 heterocycles. The van der Waals surface area contributed by atoms with Crippen LogP contribution >= 0.6 is 11.6 Å². The van der Waals surface area contributed by atoms with Crippen LogP contribution in [0.5, 0.6) is 0 Å². The van der Waals surface area contributed by atoms with Crippen molar-refractivity contribution in [3.05, 3.63) is 46.3 Å². The van der Waals surface area contributed by atoms with Gasteiger partial charge in [0.05, 0.1) is 28.0 Å². The van der Waals surface area contributed by atoms with E-state index in [-0.39, 0.29) is 5.76 Å². The first-order valence-corrected chi connectivity index (χ1v) is 5.42. The summed E-state index contributed by atoms with van der Waals surface area (Å²) in [6.45, 7) is 1.72. The molecule has 0 fully saturated rings. The zero-order chi connectivity index (χ0) is 13.1. The Morgan fingerprint density at radius 3 is 2.83 bits per heavy atom. The Kier molecular flexibility index (Phi) is 3.31. The van der Waals surface area contributed by atoms with Crippen LogP contribution < -0.4 is 5.32 Å². The molecule has 1 aromatic heterocycles. The monoisotopic (exact) mass is 261 g/mol. The summed E-state index contributed by atoms with van der Waals surface area (Å²) in [5.41, 5.74) is 1.45. The molecule has 6 heteroatoms. The van der Waals surface area contributed by atoms with Gasteiger partial charge in [0, 0.05) is 6.07 Å². The quantitative estimate of drug-likeness (QED) is 0.901. The highest BCUT2D eigenvalue weighted by Crippen LogP contribution is 2.23. The Morgan fingerprint density at radius 1 is 1.50 bits per heavy atom. The first-order valence-electron chi connectivity index (χ1n) is 5.04. The maximum Gasteiger partial charge on any atom is 0.294 e. The van der Waals surface area contributed by atoms with E-state index in [0.717, 1.165) is 0 Å². The third-order valence-corrected chi connectivity index (χ3v) is 2.51. The van der Waals surface area contributed by atoms with Crippen molar-refractivity contribution in [1.29, 1.82) is 5.26 Å². The van der Waals surface area contributed by atoms with Gasteiger partial charge >= 0.3 is 0 Å². The number of carbonyl (C=O) groups is 1. The number of anilines is 1. The molecule has 0 saturated carbocycles. The van der Waals surface area contributed by atoms with Crippen LogP contribution in [-0.2, 0) is 0 Å². The largest absolute Gasteiger partial charge is 0.351 e. The van der Waals surface area contributed by atoms with Crippen LogP contribution in [0.25, 0.3) is 0 Å². The summed E-state index contributed by atoms with van der Waals surface area (Å²) in [6.07, 6.45) is 0. The minimum absolute atomic E-state index is 0.105. The molecule has 1 N–H and O–H groups in total. The van der Waals surface area contributed by atoms with E-state index in [2.05, 4.69) is 10.5 Å². The summed E-state index contributed by atoms with van der Waals surface area (Å²) in [4.78, 5) is 11.8. The number of amides is 1. The smallest absolute Gasteiger partial charge is 0.294 e. The normalized spacial score (nSPS) is 9.83. The molecule has 0 radical (unpaired) electrons. The van der Waals surface area contributed by atoms with Crippen LogP contribution in [0.15, 0.2) is 28.8 Å². The van der Waals surface area contributed by atoms with Crippen LogP contribution in [0, 0.1) is 18.3 Å². The van der Waals surface area contributed by atoms with Crippen LogP contribution in [0.2, 0.25) is 5.02 Å². The van der Waals surface area contributed by atoms with E-state index < -0.39 is 5.91 Å². The number of halogens is 1. The summed E-state index contributed by atoms with van der Waals surface area (Å²) in [7, 11) is 0. The Morgan fingerprint density at radius 2 is 2.28 bits per heavy atom. The lowest BCUT2D eigenvalue weighted by Gasteiger charge is -2.04. The summed E-state index contributed by atoms with van der Waals surface area (Å²) in [6, 6.07) is 8.07. The first-order chi connectivity index (χ1) is 8.60. The first kappa shape index (κ1) is 12.1. The minimum atomic E-state index is -0.442. The Labute approximate surface area is 108 Å². The van der Waals surface area contributed by atoms with E-state index in [1.807, 2.05) is 6.07 Å². The fraction of sp³-hybridized carbons (Fsp3) is 0.0833. The van der Waals surface area contributed by atoms with E-state index >= 15 is 0 Å². The maximum absolute atomic E-state index is 11.8. The van der Waals surface area contributed by atoms with Crippen LogP contribution in [0.3, 0.4) is 0 Å². The molecule has 0 atom stereocenters. The van der Waals surface area contributed by atoms with Crippen LogP contribution in [0.1, 0.15) is 21.8 Å². The highest BCUT2D eigenvalue weighted by molar-refractivity contribution is 6.34. The number of nitrogens with one attached hydrogen (secondary N) is 1. The maximum atomic E-state index is 11.8. The summed E-state index contributed by atoms with van der Waals surface area (Å²) < 4.78 is 4.83. The van der Waals surface area contributed by atoms with E-state index in [9.17, 15) is 4.79 Å². The van der Waals surface area contributed by atoms with Gasteiger partial charge in [0.15, 0.2) is 0 Å². The Bertz CT molecular complexity index is 643. The third kappa shape index (κ3) is 2.50. The van der Waals surface area contributed by atoms with Crippen LogP contribution in [-0.4, -0.2) is 11.1 Å². The number of carbonyl (C=O) groups excluding carboxylic acids is 1. The van der Waals surface area contributed by atoms with E-state index in [0.29, 0.717) is 22.0 Å². The summed E-state index contributed by atoms with van der Waals surface area (Å²) >= 11 is 5.93. The molecule has 1 aromatic carbocycles. The second kappa shape index (κ2) is 4.90. The van der Waals surface area contributed by atoms with Gasteiger partial charge in [-0.1, -0.05) is 16.8 Å². The molecule has 2 aromatic rings. The molecule has 0 spiro atoms. The molecule has 0 aliphatic rings. The van der Waals surface area contributed by atoms with Gasteiger partial charge < -0.3 is 9.84 Å². The van der Waals surface area contributed by atoms with E-state index in [1.54, 1.807) is 19.1 Å². The standard InChI is InChI=1S/C12H8ClN3O2/c1-7-4-11(18-16-7)12(17)15-10-3-2-8(6-14)5-9(10)13/h2-5H,1H3,(H,15,17). The zero-order valence-corrected chi connectivity index (χ0v) is 10.2. The van der Waals surface area contributed by atoms with E-state index in [1.165, 1.54) is 12.1 Å². The predicted molar refractivity (Wildman–Crippen MR) is 65.4 cm³/mol. The lowest BCUT2D eigenvalue weighted by Crippen LogP contribution is -2.11. The minimum Gasteiger partial charge on any atom is -0.351 e. The fourth-order valence-corrected chi connectivity index (χ4v) is 1.57. The lowest BCUT2D eigenvalue weighted by atomic mass is 10.2. The number of nitriles is 1. The highest BCUT2D eigenvalue weighted by Gasteiger charge is 2.13. The van der Waals surface area contributed by atoms with Gasteiger partial charge in [-0.05, 0) is 25.1 Å². The fourth-order valence-electron chi connectivity index (χ4n) is 1.34. The second-order valence-electron chi connectivity index (χ2n) is 3.59. The van der Waals surface area contributed by atoms with Crippen molar-refractivity contribution in [3.8, 4) is 6.07 Å². The van der Waals surface area contributed by atoms with Gasteiger partial charge in [-0.25, -0.2) is 0 Å². The van der Waals surface area contributed by atoms with Crippen molar-refractivity contribution in [1.82, 2.24) is 5.16 Å². The number of aryl methyl sites for hydroxylation is 1.